The van der Waals surface area contributed by atoms with Crippen molar-refractivity contribution >= 4 is 33.2 Å². The lowest BCUT2D eigenvalue weighted by Crippen LogP contribution is -2.38. The van der Waals surface area contributed by atoms with Gasteiger partial charge in [0, 0.05) is 37.3 Å². The second-order valence-corrected chi connectivity index (χ2v) is 10.0. The number of carbonyl (C=O) groups excluding carboxylic acids is 2. The fourth-order valence-corrected chi connectivity index (χ4v) is 5.06. The Morgan fingerprint density at radius 3 is 2.26 bits per heavy atom. The Morgan fingerprint density at radius 1 is 1.03 bits per heavy atom. The van der Waals surface area contributed by atoms with Crippen molar-refractivity contribution in [3.05, 3.63) is 52.6 Å². The van der Waals surface area contributed by atoms with E-state index in [9.17, 15) is 18.0 Å². The molecular formula is C23H29N3O4S. The number of amides is 2. The van der Waals surface area contributed by atoms with Crippen LogP contribution in [0.25, 0.3) is 0 Å². The number of fused-ring (bicyclic) bond motifs is 1. The van der Waals surface area contributed by atoms with Crippen molar-refractivity contribution in [3.63, 3.8) is 0 Å². The van der Waals surface area contributed by atoms with E-state index in [1.807, 2.05) is 24.8 Å². The molecule has 3 rings (SSSR count). The molecule has 0 fully saturated rings. The monoisotopic (exact) mass is 443 g/mol. The molecule has 0 bridgehead atoms. The minimum atomic E-state index is -3.82. The van der Waals surface area contributed by atoms with Gasteiger partial charge in [-0.25, -0.2) is 8.42 Å². The highest BCUT2D eigenvalue weighted by Crippen LogP contribution is 2.28. The van der Waals surface area contributed by atoms with Crippen LogP contribution in [0.5, 0.6) is 0 Å². The molecule has 0 saturated carbocycles. The lowest BCUT2D eigenvalue weighted by Gasteiger charge is -2.30. The molecule has 0 spiro atoms. The molecule has 1 aliphatic rings. The number of aryl methyl sites for hydroxylation is 2. The highest BCUT2D eigenvalue weighted by Gasteiger charge is 2.24. The fraction of sp³-hybridized carbons (Fsp3) is 0.391. The van der Waals surface area contributed by atoms with Gasteiger partial charge in [0.15, 0.2) is 0 Å². The fourth-order valence-electron chi connectivity index (χ4n) is 3.84. The second-order valence-electron chi connectivity index (χ2n) is 8.37. The normalized spacial score (nSPS) is 13.7. The van der Waals surface area contributed by atoms with Gasteiger partial charge in [0.1, 0.15) is 0 Å². The lowest BCUT2D eigenvalue weighted by atomic mass is 9.98. The van der Waals surface area contributed by atoms with Crippen LogP contribution < -0.4 is 10.0 Å². The van der Waals surface area contributed by atoms with Gasteiger partial charge in [0.05, 0.1) is 4.90 Å². The Balaban J connectivity index is 1.85. The molecule has 166 valence electrons. The zero-order valence-corrected chi connectivity index (χ0v) is 19.4. The minimum absolute atomic E-state index is 0.0739. The van der Waals surface area contributed by atoms with E-state index in [1.54, 1.807) is 38.1 Å². The molecule has 7 nitrogen and oxygen atoms in total. The van der Waals surface area contributed by atoms with Gasteiger partial charge in [-0.15, -0.1) is 0 Å². The predicted octanol–water partition coefficient (Wildman–Crippen LogP) is 3.60. The molecule has 0 radical (unpaired) electrons. The molecule has 1 heterocycles. The van der Waals surface area contributed by atoms with Crippen molar-refractivity contribution in [2.75, 3.05) is 16.6 Å². The molecule has 0 saturated heterocycles. The van der Waals surface area contributed by atoms with E-state index < -0.39 is 10.0 Å². The van der Waals surface area contributed by atoms with Gasteiger partial charge < -0.3 is 10.2 Å². The summed E-state index contributed by atoms with van der Waals surface area (Å²) in [7, 11) is -3.82. The van der Waals surface area contributed by atoms with E-state index in [4.69, 9.17) is 0 Å². The van der Waals surface area contributed by atoms with E-state index >= 15 is 0 Å². The Kier molecular flexibility index (Phi) is 6.40. The number of rotatable bonds is 5. The van der Waals surface area contributed by atoms with Gasteiger partial charge in [-0.1, -0.05) is 19.9 Å². The summed E-state index contributed by atoms with van der Waals surface area (Å²) >= 11 is 0. The highest BCUT2D eigenvalue weighted by atomic mass is 32.2. The third kappa shape index (κ3) is 5.07. The van der Waals surface area contributed by atoms with Crippen LogP contribution >= 0.6 is 0 Å². The molecule has 2 aromatic rings. The molecule has 31 heavy (non-hydrogen) atoms. The summed E-state index contributed by atoms with van der Waals surface area (Å²) < 4.78 is 28.7. The van der Waals surface area contributed by atoms with Gasteiger partial charge in [-0.3, -0.25) is 14.3 Å². The molecule has 2 aromatic carbocycles. The zero-order chi connectivity index (χ0) is 22.9. The summed E-state index contributed by atoms with van der Waals surface area (Å²) in [5, 5.41) is 2.74. The van der Waals surface area contributed by atoms with Crippen LogP contribution in [0.3, 0.4) is 0 Å². The Hall–Kier alpha value is -2.87. The van der Waals surface area contributed by atoms with Crippen LogP contribution in [0.15, 0.2) is 35.2 Å². The Labute approximate surface area is 183 Å². The maximum atomic E-state index is 13.0. The van der Waals surface area contributed by atoms with E-state index in [0.29, 0.717) is 35.6 Å². The first-order chi connectivity index (χ1) is 14.5. The van der Waals surface area contributed by atoms with E-state index in [2.05, 4.69) is 10.0 Å². The van der Waals surface area contributed by atoms with Crippen LogP contribution in [0.2, 0.25) is 0 Å². The molecule has 0 atom stereocenters. The van der Waals surface area contributed by atoms with Crippen molar-refractivity contribution in [2.24, 2.45) is 5.92 Å². The standard InChI is InChI=1S/C23H29N3O4S/c1-14(2)23(28)26-9-8-18-6-7-20(12-19(18)13-26)25-31(29,30)21-10-15(3)22(16(4)11-21)24-17(5)27/h6-7,10-12,14,25H,8-9,13H2,1-5H3,(H,24,27). The third-order valence-corrected chi connectivity index (χ3v) is 6.75. The molecule has 1 aliphatic heterocycles. The van der Waals surface area contributed by atoms with Crippen LogP contribution in [-0.2, 0) is 32.6 Å². The largest absolute Gasteiger partial charge is 0.338 e. The number of hydrogen-bond acceptors (Lipinski definition) is 4. The molecule has 0 unspecified atom stereocenters. The topological polar surface area (TPSA) is 95.6 Å². The quantitative estimate of drug-likeness (QED) is 0.738. The summed E-state index contributed by atoms with van der Waals surface area (Å²) in [6.45, 7) is 9.84. The first kappa shape index (κ1) is 22.8. The van der Waals surface area contributed by atoms with Gasteiger partial charge in [0.25, 0.3) is 10.0 Å². The number of benzene rings is 2. The maximum absolute atomic E-state index is 13.0. The number of nitrogens with one attached hydrogen (secondary N) is 2. The van der Waals surface area contributed by atoms with Crippen molar-refractivity contribution in [1.82, 2.24) is 4.90 Å². The predicted molar refractivity (Wildman–Crippen MR) is 121 cm³/mol. The Bertz CT molecular complexity index is 1120. The lowest BCUT2D eigenvalue weighted by molar-refractivity contribution is -0.135. The molecule has 2 N–H and O–H groups in total. The van der Waals surface area contributed by atoms with Gasteiger partial charge in [-0.2, -0.15) is 0 Å². The summed E-state index contributed by atoms with van der Waals surface area (Å²) in [4.78, 5) is 25.7. The number of sulfonamides is 1. The zero-order valence-electron chi connectivity index (χ0n) is 18.6. The molecular weight excluding hydrogens is 414 g/mol. The molecule has 0 aromatic heterocycles. The smallest absolute Gasteiger partial charge is 0.261 e. The summed E-state index contributed by atoms with van der Waals surface area (Å²) in [6.07, 6.45) is 0.754. The first-order valence-corrected chi connectivity index (χ1v) is 11.8. The number of anilines is 2. The summed E-state index contributed by atoms with van der Waals surface area (Å²) in [6, 6.07) is 8.56. The Morgan fingerprint density at radius 2 is 1.68 bits per heavy atom. The number of nitrogens with zero attached hydrogens (tertiary/aromatic N) is 1. The van der Waals surface area contributed by atoms with Gasteiger partial charge >= 0.3 is 0 Å². The summed E-state index contributed by atoms with van der Waals surface area (Å²) in [5.41, 5.74) is 4.50. The van der Waals surface area contributed by atoms with Crippen molar-refractivity contribution in [2.45, 2.75) is 52.5 Å². The summed E-state index contributed by atoms with van der Waals surface area (Å²) in [5.74, 6) is -0.184. The average molecular weight is 444 g/mol. The first-order valence-electron chi connectivity index (χ1n) is 10.3. The van der Waals surface area contributed by atoms with Gasteiger partial charge in [-0.05, 0) is 66.8 Å². The van der Waals surface area contributed by atoms with Crippen LogP contribution in [0.1, 0.15) is 43.0 Å². The molecule has 2 amide bonds. The third-order valence-electron chi connectivity index (χ3n) is 5.39. The maximum Gasteiger partial charge on any atom is 0.261 e. The molecule has 0 aliphatic carbocycles. The van der Waals surface area contributed by atoms with Crippen LogP contribution in [-0.4, -0.2) is 31.7 Å². The average Bonchev–Trinajstić information content (AvgIpc) is 2.68. The number of hydrogen-bond donors (Lipinski definition) is 2. The van der Waals surface area contributed by atoms with E-state index in [-0.39, 0.29) is 22.6 Å². The van der Waals surface area contributed by atoms with Crippen LogP contribution in [0.4, 0.5) is 11.4 Å². The minimum Gasteiger partial charge on any atom is -0.338 e. The van der Waals surface area contributed by atoms with Gasteiger partial charge in [0.2, 0.25) is 11.8 Å². The number of carbonyl (C=O) groups is 2. The SMILES string of the molecule is CC(=O)Nc1c(C)cc(S(=O)(=O)Nc2ccc3c(c2)CN(C(=O)C(C)C)CC3)cc1C. The van der Waals surface area contributed by atoms with Crippen LogP contribution in [0, 0.1) is 19.8 Å². The van der Waals surface area contributed by atoms with Crippen molar-refractivity contribution < 1.29 is 18.0 Å². The molecule has 8 heteroatoms. The second kappa shape index (κ2) is 8.70. The van der Waals surface area contributed by atoms with E-state index in [1.165, 1.54) is 6.92 Å². The highest BCUT2D eigenvalue weighted by molar-refractivity contribution is 7.92. The van der Waals surface area contributed by atoms with E-state index in [0.717, 1.165) is 17.5 Å². The van der Waals surface area contributed by atoms with Crippen molar-refractivity contribution in [1.29, 1.82) is 0 Å². The van der Waals surface area contributed by atoms with Crippen molar-refractivity contribution in [3.8, 4) is 0 Å².